The predicted molar refractivity (Wildman–Crippen MR) is 108 cm³/mol. The van der Waals surface area contributed by atoms with Crippen LogP contribution in [0, 0.1) is 0 Å². The summed E-state index contributed by atoms with van der Waals surface area (Å²) in [5, 5.41) is 19.0. The van der Waals surface area contributed by atoms with Crippen LogP contribution in [0.5, 0.6) is 11.6 Å². The van der Waals surface area contributed by atoms with Gasteiger partial charge in [0.25, 0.3) is 0 Å². The third-order valence-electron chi connectivity index (χ3n) is 4.10. The van der Waals surface area contributed by atoms with Crippen molar-refractivity contribution in [2.45, 2.75) is 26.3 Å². The molecule has 1 N–H and O–H groups in total. The van der Waals surface area contributed by atoms with Crippen LogP contribution in [-0.4, -0.2) is 22.2 Å². The second kappa shape index (κ2) is 8.81. The van der Waals surface area contributed by atoms with Crippen LogP contribution in [0.15, 0.2) is 63.2 Å². The molecule has 27 heavy (non-hydrogen) atoms. The number of aromatic hydroxyl groups is 1. The minimum atomic E-state index is -0.532. The lowest BCUT2D eigenvalue weighted by atomic mass is 10.2. The number of fused-ring (bicyclic) bond motifs is 1. The number of unbranched alkanes of at least 4 members (excludes halogenated alkanes) is 1. The fourth-order valence-corrected chi connectivity index (χ4v) is 3.15. The quantitative estimate of drug-likeness (QED) is 0.496. The normalized spacial score (nSPS) is 11.3. The zero-order valence-electron chi connectivity index (χ0n) is 14.9. The minimum absolute atomic E-state index is 0.0212. The summed E-state index contributed by atoms with van der Waals surface area (Å²) in [5.74, 6) is 0.0449. The Hall–Kier alpha value is -2.67. The molecule has 0 unspecified atom stereocenters. The number of azo groups is 1. The topological polar surface area (TPSA) is 76.2 Å². The molecule has 3 rings (SSSR count). The highest BCUT2D eigenvalue weighted by molar-refractivity contribution is 9.10. The Balaban J connectivity index is 1.78. The first-order valence-electron chi connectivity index (χ1n) is 8.74. The number of nitrogens with zero attached hydrogens (tertiary/aromatic N) is 3. The van der Waals surface area contributed by atoms with Gasteiger partial charge in [-0.15, -0.1) is 10.2 Å². The van der Waals surface area contributed by atoms with E-state index >= 15 is 0 Å². The summed E-state index contributed by atoms with van der Waals surface area (Å²) in [6.07, 6.45) is 1.94. The zero-order chi connectivity index (χ0) is 19.2. The molecule has 0 bridgehead atoms. The van der Waals surface area contributed by atoms with Crippen molar-refractivity contribution in [2.75, 3.05) is 6.61 Å². The van der Waals surface area contributed by atoms with E-state index in [0.29, 0.717) is 18.0 Å². The van der Waals surface area contributed by atoms with Crippen molar-refractivity contribution in [3.05, 3.63) is 53.0 Å². The predicted octanol–water partition coefficient (Wildman–Crippen LogP) is 5.60. The number of carbonyl (C=O) groups excluding carboxylic acids is 1. The molecule has 0 saturated heterocycles. The van der Waals surface area contributed by atoms with E-state index in [4.69, 9.17) is 4.74 Å². The maximum absolute atomic E-state index is 12.0. The standard InChI is InChI=1S/C20H20BrN3O3/c1-2-3-12-24-16-10-6-4-8-14(16)19(20(24)26)23-22-18(25)13-27-17-11-7-5-9-15(17)21/h4-11,26H,2-3,12-13H2,1H3. The van der Waals surface area contributed by atoms with Crippen molar-refractivity contribution < 1.29 is 14.6 Å². The molecule has 1 aromatic heterocycles. The third-order valence-corrected chi connectivity index (χ3v) is 4.76. The number of aryl methyl sites for hydroxylation is 1. The number of benzene rings is 2. The molecule has 6 nitrogen and oxygen atoms in total. The number of halogens is 1. The van der Waals surface area contributed by atoms with E-state index in [0.717, 1.165) is 28.2 Å². The molecule has 0 atom stereocenters. The van der Waals surface area contributed by atoms with E-state index in [9.17, 15) is 9.90 Å². The van der Waals surface area contributed by atoms with Crippen LogP contribution in [0.4, 0.5) is 5.69 Å². The lowest BCUT2D eigenvalue weighted by Gasteiger charge is -2.05. The van der Waals surface area contributed by atoms with Crippen LogP contribution in [0.25, 0.3) is 10.9 Å². The summed E-state index contributed by atoms with van der Waals surface area (Å²) in [7, 11) is 0. The lowest BCUT2D eigenvalue weighted by molar-refractivity contribution is -0.120. The number of aromatic nitrogens is 1. The lowest BCUT2D eigenvalue weighted by Crippen LogP contribution is -2.08. The highest BCUT2D eigenvalue weighted by Crippen LogP contribution is 2.39. The van der Waals surface area contributed by atoms with Crippen molar-refractivity contribution in [3.63, 3.8) is 0 Å². The summed E-state index contributed by atoms with van der Waals surface area (Å²) in [4.78, 5) is 12.0. The van der Waals surface area contributed by atoms with Crippen LogP contribution in [0.2, 0.25) is 0 Å². The second-order valence-corrected chi connectivity index (χ2v) is 6.86. The van der Waals surface area contributed by atoms with Crippen LogP contribution < -0.4 is 4.74 Å². The number of para-hydroxylation sites is 2. The van der Waals surface area contributed by atoms with Crippen molar-refractivity contribution in [1.29, 1.82) is 0 Å². The molecule has 7 heteroatoms. The molecule has 2 aromatic carbocycles. The molecule has 0 aliphatic rings. The van der Waals surface area contributed by atoms with E-state index in [-0.39, 0.29) is 12.5 Å². The van der Waals surface area contributed by atoms with Crippen LogP contribution in [0.1, 0.15) is 19.8 Å². The van der Waals surface area contributed by atoms with Gasteiger partial charge in [0, 0.05) is 11.9 Å². The van der Waals surface area contributed by atoms with Gasteiger partial charge >= 0.3 is 5.91 Å². The first-order valence-corrected chi connectivity index (χ1v) is 9.53. The van der Waals surface area contributed by atoms with E-state index in [1.165, 1.54) is 0 Å². The van der Waals surface area contributed by atoms with Gasteiger partial charge in [0.1, 0.15) is 5.75 Å². The number of rotatable bonds is 7. The molecule has 0 fully saturated rings. The maximum Gasteiger partial charge on any atom is 0.302 e. The Bertz CT molecular complexity index is 982. The smallest absolute Gasteiger partial charge is 0.302 e. The first kappa shape index (κ1) is 19.1. The number of amides is 1. The largest absolute Gasteiger partial charge is 0.493 e. The fraction of sp³-hybridized carbons (Fsp3) is 0.250. The van der Waals surface area contributed by atoms with Crippen LogP contribution >= 0.6 is 15.9 Å². The molecule has 0 saturated carbocycles. The summed E-state index contributed by atoms with van der Waals surface area (Å²) < 4.78 is 8.00. The maximum atomic E-state index is 12.0. The van der Waals surface area contributed by atoms with E-state index in [1.54, 1.807) is 10.6 Å². The average molecular weight is 430 g/mol. The van der Waals surface area contributed by atoms with Crippen molar-refractivity contribution >= 4 is 38.4 Å². The molecule has 1 heterocycles. The van der Waals surface area contributed by atoms with Gasteiger partial charge in [-0.05, 0) is 40.5 Å². The SMILES string of the molecule is CCCCn1c(O)c(N=NC(=O)COc2ccccc2Br)c2ccccc21. The first-order chi connectivity index (χ1) is 13.1. The Morgan fingerprint density at radius 3 is 2.70 bits per heavy atom. The van der Waals surface area contributed by atoms with Gasteiger partial charge in [0.15, 0.2) is 12.3 Å². The minimum Gasteiger partial charge on any atom is -0.493 e. The Morgan fingerprint density at radius 1 is 1.19 bits per heavy atom. The summed E-state index contributed by atoms with van der Waals surface area (Å²) >= 11 is 3.36. The van der Waals surface area contributed by atoms with E-state index < -0.39 is 5.91 Å². The van der Waals surface area contributed by atoms with Crippen LogP contribution in [0.3, 0.4) is 0 Å². The molecular formula is C20H20BrN3O3. The van der Waals surface area contributed by atoms with E-state index in [2.05, 4.69) is 33.1 Å². The molecule has 0 radical (unpaired) electrons. The molecular weight excluding hydrogens is 410 g/mol. The van der Waals surface area contributed by atoms with Gasteiger partial charge in [-0.25, -0.2) is 0 Å². The van der Waals surface area contributed by atoms with Crippen molar-refractivity contribution in [2.24, 2.45) is 10.2 Å². The number of ether oxygens (including phenoxy) is 1. The van der Waals surface area contributed by atoms with E-state index in [1.807, 2.05) is 42.5 Å². The molecule has 140 valence electrons. The van der Waals surface area contributed by atoms with Gasteiger partial charge < -0.3 is 14.4 Å². The molecule has 0 aliphatic heterocycles. The van der Waals surface area contributed by atoms with Gasteiger partial charge in [0.05, 0.1) is 9.99 Å². The second-order valence-electron chi connectivity index (χ2n) is 6.01. The van der Waals surface area contributed by atoms with Gasteiger partial charge in [-0.1, -0.05) is 43.7 Å². The fourth-order valence-electron chi connectivity index (χ4n) is 2.75. The highest BCUT2D eigenvalue weighted by Gasteiger charge is 2.16. The van der Waals surface area contributed by atoms with Crippen LogP contribution in [-0.2, 0) is 11.3 Å². The number of hydrogen-bond donors (Lipinski definition) is 1. The molecule has 3 aromatic rings. The molecule has 0 aliphatic carbocycles. The number of hydrogen-bond acceptors (Lipinski definition) is 4. The number of carbonyl (C=O) groups is 1. The monoisotopic (exact) mass is 429 g/mol. The highest BCUT2D eigenvalue weighted by atomic mass is 79.9. The molecule has 0 spiro atoms. The third kappa shape index (κ3) is 4.36. The van der Waals surface area contributed by atoms with Crippen molar-refractivity contribution in [3.8, 4) is 11.6 Å². The Kier molecular flexibility index (Phi) is 6.24. The molecule has 1 amide bonds. The Labute approximate surface area is 165 Å². The van der Waals surface area contributed by atoms with Gasteiger partial charge in [-0.2, -0.15) is 0 Å². The van der Waals surface area contributed by atoms with Gasteiger partial charge in [0.2, 0.25) is 5.88 Å². The zero-order valence-corrected chi connectivity index (χ0v) is 16.5. The summed E-state index contributed by atoms with van der Waals surface area (Å²) in [5.41, 5.74) is 1.17. The summed E-state index contributed by atoms with van der Waals surface area (Å²) in [6.45, 7) is 2.53. The van der Waals surface area contributed by atoms with Crippen molar-refractivity contribution in [1.82, 2.24) is 4.57 Å². The summed E-state index contributed by atoms with van der Waals surface area (Å²) in [6, 6.07) is 14.8. The van der Waals surface area contributed by atoms with Gasteiger partial charge in [-0.3, -0.25) is 4.79 Å². The Morgan fingerprint density at radius 2 is 1.93 bits per heavy atom. The average Bonchev–Trinajstić information content (AvgIpc) is 2.95.